The van der Waals surface area contributed by atoms with Gasteiger partial charge in [-0.1, -0.05) is 59.1 Å². The molecule has 0 aromatic heterocycles. The van der Waals surface area contributed by atoms with Crippen LogP contribution in [0, 0.1) is 6.92 Å². The number of nitrogens with zero attached hydrogens (tertiary/aromatic N) is 2. The Hall–Kier alpha value is -2.97. The molecule has 0 spiro atoms. The maximum atomic E-state index is 10.7. The fraction of sp³-hybridized carbons (Fsp3) is 0.0476. The van der Waals surface area contributed by atoms with E-state index in [0.717, 1.165) is 33.8 Å². The molecule has 7 heteroatoms. The first-order chi connectivity index (χ1) is 13.7. The normalized spacial score (nSPS) is 11.6. The van der Waals surface area contributed by atoms with Gasteiger partial charge in [0.05, 0.1) is 22.6 Å². The van der Waals surface area contributed by atoms with E-state index < -0.39 is 0 Å². The molecule has 140 valence electrons. The number of azo groups is 1. The lowest BCUT2D eigenvalue weighted by Crippen LogP contribution is -1.84. The standard InChI is InChI=1S/C21H16N2O4S/c1-13-6-9-18-16(10-13)12-19(28-27-26-25)20(21(18)24)23-22-17-8-7-14-4-2-3-5-15(14)11-17/h2-12,24-25H,1H3. The molecule has 0 fully saturated rings. The monoisotopic (exact) mass is 392 g/mol. The van der Waals surface area contributed by atoms with Gasteiger partial charge < -0.3 is 5.11 Å². The van der Waals surface area contributed by atoms with Crippen LogP contribution in [0.1, 0.15) is 5.56 Å². The predicted octanol–water partition coefficient (Wildman–Crippen LogP) is 6.85. The highest BCUT2D eigenvalue weighted by atomic mass is 32.2. The van der Waals surface area contributed by atoms with Gasteiger partial charge in [0.15, 0.2) is 5.75 Å². The van der Waals surface area contributed by atoms with Crippen molar-refractivity contribution in [2.75, 3.05) is 0 Å². The summed E-state index contributed by atoms with van der Waals surface area (Å²) >= 11 is 0.734. The van der Waals surface area contributed by atoms with Crippen molar-refractivity contribution < 1.29 is 19.7 Å². The summed E-state index contributed by atoms with van der Waals surface area (Å²) in [6.45, 7) is 1.96. The SMILES string of the molecule is Cc1ccc2c(O)c(N=Nc3ccc4ccccc4c3)c(SOOO)cc2c1. The highest BCUT2D eigenvalue weighted by Gasteiger charge is 2.15. The molecule has 0 aliphatic heterocycles. The van der Waals surface area contributed by atoms with Crippen LogP contribution in [0.3, 0.4) is 0 Å². The quantitative estimate of drug-likeness (QED) is 0.168. The van der Waals surface area contributed by atoms with Gasteiger partial charge in [0.25, 0.3) is 0 Å². The summed E-state index contributed by atoms with van der Waals surface area (Å²) in [5, 5.41) is 35.1. The maximum Gasteiger partial charge on any atom is 0.152 e. The number of phenols is 1. The molecule has 0 aliphatic carbocycles. The second-order valence-electron chi connectivity index (χ2n) is 6.25. The Balaban J connectivity index is 1.79. The van der Waals surface area contributed by atoms with Crippen LogP contribution in [-0.2, 0) is 9.37 Å². The lowest BCUT2D eigenvalue weighted by molar-refractivity contribution is -0.432. The third-order valence-electron chi connectivity index (χ3n) is 4.36. The summed E-state index contributed by atoms with van der Waals surface area (Å²) < 4.78 is 4.56. The van der Waals surface area contributed by atoms with E-state index in [-0.39, 0.29) is 11.4 Å². The van der Waals surface area contributed by atoms with Crippen molar-refractivity contribution in [2.24, 2.45) is 10.2 Å². The Bertz CT molecular complexity index is 1190. The molecule has 0 amide bonds. The van der Waals surface area contributed by atoms with Gasteiger partial charge in [-0.2, -0.15) is 5.11 Å². The maximum absolute atomic E-state index is 10.7. The minimum atomic E-state index is -0.0221. The summed E-state index contributed by atoms with van der Waals surface area (Å²) in [6.07, 6.45) is 0. The molecule has 0 atom stereocenters. The molecule has 0 bridgehead atoms. The zero-order valence-corrected chi connectivity index (χ0v) is 15.7. The van der Waals surface area contributed by atoms with Gasteiger partial charge >= 0.3 is 0 Å². The minimum absolute atomic E-state index is 0.0221. The second kappa shape index (κ2) is 7.95. The van der Waals surface area contributed by atoms with E-state index >= 15 is 0 Å². The van der Waals surface area contributed by atoms with E-state index in [0.29, 0.717) is 16.0 Å². The number of benzene rings is 4. The van der Waals surface area contributed by atoms with E-state index in [1.165, 1.54) is 0 Å². The average molecular weight is 392 g/mol. The lowest BCUT2D eigenvalue weighted by atomic mass is 10.1. The van der Waals surface area contributed by atoms with Gasteiger partial charge in [0, 0.05) is 5.39 Å². The highest BCUT2D eigenvalue weighted by molar-refractivity contribution is 7.94. The van der Waals surface area contributed by atoms with Crippen LogP contribution in [-0.4, -0.2) is 10.4 Å². The number of phenolic OH excluding ortho intramolecular Hbond substituents is 1. The molecule has 2 N–H and O–H groups in total. The lowest BCUT2D eigenvalue weighted by Gasteiger charge is -2.09. The Morgan fingerprint density at radius 3 is 2.50 bits per heavy atom. The molecular weight excluding hydrogens is 376 g/mol. The van der Waals surface area contributed by atoms with Crippen molar-refractivity contribution in [1.29, 1.82) is 0 Å². The molecule has 0 saturated carbocycles. The number of aromatic hydroxyl groups is 1. The summed E-state index contributed by atoms with van der Waals surface area (Å²) in [7, 11) is 0. The number of rotatable bonds is 5. The Labute approximate surface area is 165 Å². The van der Waals surface area contributed by atoms with E-state index in [4.69, 9.17) is 5.26 Å². The third-order valence-corrected chi connectivity index (χ3v) is 4.98. The van der Waals surface area contributed by atoms with Gasteiger partial charge in [0.2, 0.25) is 0 Å². The van der Waals surface area contributed by atoms with Crippen molar-refractivity contribution >= 4 is 45.0 Å². The Morgan fingerprint density at radius 2 is 1.68 bits per heavy atom. The van der Waals surface area contributed by atoms with Gasteiger partial charge in [-0.25, -0.2) is 5.26 Å². The van der Waals surface area contributed by atoms with Crippen molar-refractivity contribution in [2.45, 2.75) is 11.8 Å². The predicted molar refractivity (Wildman–Crippen MR) is 109 cm³/mol. The minimum Gasteiger partial charge on any atom is -0.505 e. The van der Waals surface area contributed by atoms with E-state index in [2.05, 4.69) is 19.6 Å². The van der Waals surface area contributed by atoms with Crippen molar-refractivity contribution in [3.05, 3.63) is 72.3 Å². The fourth-order valence-electron chi connectivity index (χ4n) is 3.03. The summed E-state index contributed by atoms with van der Waals surface area (Å²) in [5.41, 5.74) is 1.93. The summed E-state index contributed by atoms with van der Waals surface area (Å²) in [6, 6.07) is 21.2. The van der Waals surface area contributed by atoms with E-state index in [1.807, 2.05) is 67.6 Å². The van der Waals surface area contributed by atoms with Crippen LogP contribution in [0.2, 0.25) is 0 Å². The van der Waals surface area contributed by atoms with Crippen molar-refractivity contribution in [3.63, 3.8) is 0 Å². The summed E-state index contributed by atoms with van der Waals surface area (Å²) in [5.74, 6) is -0.0221. The molecule has 0 unspecified atom stereocenters. The smallest absolute Gasteiger partial charge is 0.152 e. The first-order valence-electron chi connectivity index (χ1n) is 8.47. The van der Waals surface area contributed by atoms with Crippen molar-refractivity contribution in [3.8, 4) is 5.75 Å². The Kier molecular flexibility index (Phi) is 5.23. The highest BCUT2D eigenvalue weighted by Crippen LogP contribution is 2.44. The molecule has 0 aliphatic rings. The number of aryl methyl sites for hydroxylation is 1. The average Bonchev–Trinajstić information content (AvgIpc) is 2.71. The van der Waals surface area contributed by atoms with Crippen LogP contribution in [0.15, 0.2) is 81.9 Å². The number of hydrogen-bond acceptors (Lipinski definition) is 7. The number of fused-ring (bicyclic) bond motifs is 2. The van der Waals surface area contributed by atoms with Gasteiger partial charge in [-0.3, -0.25) is 0 Å². The first kappa shape index (κ1) is 18.4. The van der Waals surface area contributed by atoms with Crippen LogP contribution < -0.4 is 0 Å². The molecule has 4 aromatic rings. The van der Waals surface area contributed by atoms with Gasteiger partial charge in [-0.15, -0.1) is 9.45 Å². The Morgan fingerprint density at radius 1 is 0.857 bits per heavy atom. The molecule has 0 saturated heterocycles. The zero-order chi connectivity index (χ0) is 19.5. The third kappa shape index (κ3) is 3.69. The summed E-state index contributed by atoms with van der Waals surface area (Å²) in [4.78, 5) is 0.453. The molecule has 0 heterocycles. The molecule has 0 radical (unpaired) electrons. The van der Waals surface area contributed by atoms with Crippen LogP contribution in [0.4, 0.5) is 11.4 Å². The molecule has 6 nitrogen and oxygen atoms in total. The first-order valence-corrected chi connectivity index (χ1v) is 9.21. The molecular formula is C21H16N2O4S. The van der Waals surface area contributed by atoms with E-state index in [9.17, 15) is 5.11 Å². The fourth-order valence-corrected chi connectivity index (χ4v) is 3.53. The van der Waals surface area contributed by atoms with Crippen molar-refractivity contribution in [1.82, 2.24) is 0 Å². The zero-order valence-electron chi connectivity index (χ0n) is 14.9. The topological polar surface area (TPSA) is 83.6 Å². The van der Waals surface area contributed by atoms with Crippen LogP contribution >= 0.6 is 12.0 Å². The molecule has 28 heavy (non-hydrogen) atoms. The molecule has 4 aromatic carbocycles. The van der Waals surface area contributed by atoms with Crippen LogP contribution in [0.5, 0.6) is 5.75 Å². The van der Waals surface area contributed by atoms with Gasteiger partial charge in [-0.05, 0) is 41.3 Å². The van der Waals surface area contributed by atoms with Gasteiger partial charge in [0.1, 0.15) is 5.69 Å². The van der Waals surface area contributed by atoms with Crippen LogP contribution in [0.25, 0.3) is 21.5 Å². The molecule has 4 rings (SSSR count). The van der Waals surface area contributed by atoms with E-state index in [1.54, 1.807) is 6.07 Å². The second-order valence-corrected chi connectivity index (χ2v) is 7.00. The number of hydrogen-bond donors (Lipinski definition) is 2. The largest absolute Gasteiger partial charge is 0.505 e.